The van der Waals surface area contributed by atoms with Gasteiger partial charge in [-0.05, 0) is 172 Å². The van der Waals surface area contributed by atoms with Crippen LogP contribution in [0.15, 0.2) is 194 Å². The summed E-state index contributed by atoms with van der Waals surface area (Å²) >= 11 is 0. The Hall–Kier alpha value is -7.56. The highest BCUT2D eigenvalue weighted by atomic mass is 16.5. The van der Waals surface area contributed by atoms with Crippen LogP contribution in [0.4, 0.5) is 17.1 Å². The molecule has 10 rings (SSSR count). The van der Waals surface area contributed by atoms with Crippen LogP contribution in [0, 0.1) is 20.8 Å². The molecule has 0 N–H and O–H groups in total. The molecule has 336 valence electrons. The van der Waals surface area contributed by atoms with Crippen LogP contribution in [0.1, 0.15) is 91.7 Å². The van der Waals surface area contributed by atoms with Crippen LogP contribution < -0.4 is 9.64 Å². The molecular weight excluding hydrogens is 827 g/mol. The molecule has 0 unspecified atom stereocenters. The van der Waals surface area contributed by atoms with Gasteiger partial charge in [-0.3, -0.25) is 9.97 Å². The van der Waals surface area contributed by atoms with Crippen molar-refractivity contribution in [3.8, 4) is 45.0 Å². The second kappa shape index (κ2) is 17.3. The second-order valence-corrected chi connectivity index (χ2v) is 20.5. The van der Waals surface area contributed by atoms with E-state index in [1.54, 1.807) is 0 Å². The largest absolute Gasteiger partial charge is 0.457 e. The van der Waals surface area contributed by atoms with E-state index in [2.05, 4.69) is 243 Å². The quantitative estimate of drug-likeness (QED) is 0.145. The first-order valence-electron chi connectivity index (χ1n) is 23.8. The van der Waals surface area contributed by atoms with Crippen molar-refractivity contribution in [1.82, 2.24) is 9.97 Å². The van der Waals surface area contributed by atoms with Gasteiger partial charge < -0.3 is 9.64 Å². The SMILES string of the molecule is Cc1cc(C)c(-c2cc(Oc3cccc(C4(c5ccccn5)c5ccccc5-c5ccccc54)c3)cc(-c3cc(N(c4ccc(C(C)(C)C)cc4)c4ccc(C(C)(C)C)cc4)ccn3)c2)c(C)c1. The summed E-state index contributed by atoms with van der Waals surface area (Å²) in [4.78, 5) is 12.5. The molecule has 0 bridgehead atoms. The van der Waals surface area contributed by atoms with Crippen LogP contribution in [0.25, 0.3) is 33.5 Å². The van der Waals surface area contributed by atoms with Crippen LogP contribution in [0.5, 0.6) is 11.5 Å². The zero-order valence-corrected chi connectivity index (χ0v) is 40.7. The van der Waals surface area contributed by atoms with Gasteiger partial charge in [-0.2, -0.15) is 0 Å². The third-order valence-electron chi connectivity index (χ3n) is 13.7. The van der Waals surface area contributed by atoms with E-state index in [0.29, 0.717) is 0 Å². The van der Waals surface area contributed by atoms with Gasteiger partial charge in [-0.15, -0.1) is 0 Å². The minimum atomic E-state index is -0.646. The van der Waals surface area contributed by atoms with Crippen molar-refractivity contribution in [3.05, 3.63) is 245 Å². The molecule has 0 saturated carbocycles. The molecule has 9 aromatic rings. The van der Waals surface area contributed by atoms with Crippen LogP contribution >= 0.6 is 0 Å². The Labute approximate surface area is 403 Å². The van der Waals surface area contributed by atoms with Gasteiger partial charge in [0.05, 0.1) is 16.8 Å². The lowest BCUT2D eigenvalue weighted by molar-refractivity contribution is 0.481. The number of fused-ring (bicyclic) bond motifs is 3. The van der Waals surface area contributed by atoms with Crippen molar-refractivity contribution in [3.63, 3.8) is 0 Å². The van der Waals surface area contributed by atoms with E-state index in [9.17, 15) is 0 Å². The molecular formula is C64H59N3O. The summed E-state index contributed by atoms with van der Waals surface area (Å²) in [5.74, 6) is 1.47. The number of pyridine rings is 2. The molecule has 0 amide bonds. The Morgan fingerprint density at radius 3 is 1.60 bits per heavy atom. The number of hydrogen-bond donors (Lipinski definition) is 0. The molecule has 7 aromatic carbocycles. The van der Waals surface area contributed by atoms with Gasteiger partial charge >= 0.3 is 0 Å². The van der Waals surface area contributed by atoms with Gasteiger partial charge in [0.15, 0.2) is 0 Å². The Balaban J connectivity index is 1.11. The molecule has 0 spiro atoms. The number of aromatic nitrogens is 2. The molecule has 2 aromatic heterocycles. The molecule has 4 heteroatoms. The van der Waals surface area contributed by atoms with Gasteiger partial charge in [0, 0.05) is 35.0 Å². The van der Waals surface area contributed by atoms with Gasteiger partial charge in [0.2, 0.25) is 0 Å². The number of ether oxygens (including phenoxy) is 1. The lowest BCUT2D eigenvalue weighted by Gasteiger charge is -2.32. The van der Waals surface area contributed by atoms with Crippen molar-refractivity contribution in [1.29, 1.82) is 0 Å². The second-order valence-electron chi connectivity index (χ2n) is 20.5. The first kappa shape index (κ1) is 44.3. The smallest absolute Gasteiger partial charge is 0.128 e. The molecule has 2 heterocycles. The van der Waals surface area contributed by atoms with E-state index in [0.717, 1.165) is 56.6 Å². The van der Waals surface area contributed by atoms with E-state index < -0.39 is 5.41 Å². The maximum atomic E-state index is 7.10. The minimum absolute atomic E-state index is 0.0374. The van der Waals surface area contributed by atoms with E-state index in [1.165, 1.54) is 55.6 Å². The third-order valence-corrected chi connectivity index (χ3v) is 13.7. The highest BCUT2D eigenvalue weighted by Crippen LogP contribution is 2.56. The van der Waals surface area contributed by atoms with Crippen molar-refractivity contribution in [2.24, 2.45) is 0 Å². The number of benzene rings is 7. The monoisotopic (exact) mass is 885 g/mol. The number of hydrogen-bond acceptors (Lipinski definition) is 4. The predicted octanol–water partition coefficient (Wildman–Crippen LogP) is 17.0. The van der Waals surface area contributed by atoms with E-state index in [1.807, 2.05) is 18.5 Å². The van der Waals surface area contributed by atoms with Crippen LogP contribution in [-0.4, -0.2) is 9.97 Å². The van der Waals surface area contributed by atoms with Crippen molar-refractivity contribution in [2.75, 3.05) is 4.90 Å². The average Bonchev–Trinajstić information content (AvgIpc) is 3.63. The van der Waals surface area contributed by atoms with Crippen LogP contribution in [0.3, 0.4) is 0 Å². The maximum Gasteiger partial charge on any atom is 0.128 e. The molecule has 0 saturated heterocycles. The summed E-state index contributed by atoms with van der Waals surface area (Å²) in [6, 6.07) is 65.7. The number of aryl methyl sites for hydroxylation is 3. The fraction of sp³-hybridized carbons (Fsp3) is 0.188. The topological polar surface area (TPSA) is 38.2 Å². The Kier molecular flexibility index (Phi) is 11.2. The Morgan fingerprint density at radius 1 is 0.456 bits per heavy atom. The predicted molar refractivity (Wildman–Crippen MR) is 283 cm³/mol. The highest BCUT2D eigenvalue weighted by molar-refractivity contribution is 5.86. The van der Waals surface area contributed by atoms with Crippen LogP contribution in [-0.2, 0) is 16.2 Å². The van der Waals surface area contributed by atoms with Crippen LogP contribution in [0.2, 0.25) is 0 Å². The number of anilines is 3. The summed E-state index contributed by atoms with van der Waals surface area (Å²) in [5.41, 5.74) is 19.9. The Bertz CT molecular complexity index is 3170. The molecule has 0 radical (unpaired) electrons. The van der Waals surface area contributed by atoms with Gasteiger partial charge in [0.25, 0.3) is 0 Å². The molecule has 68 heavy (non-hydrogen) atoms. The first-order valence-corrected chi connectivity index (χ1v) is 23.8. The lowest BCUT2D eigenvalue weighted by atomic mass is 9.70. The van der Waals surface area contributed by atoms with Crippen molar-refractivity contribution >= 4 is 17.1 Å². The maximum absolute atomic E-state index is 7.10. The van der Waals surface area contributed by atoms with Gasteiger partial charge in [-0.1, -0.05) is 150 Å². The zero-order valence-electron chi connectivity index (χ0n) is 40.7. The lowest BCUT2D eigenvalue weighted by Crippen LogP contribution is -2.29. The minimum Gasteiger partial charge on any atom is -0.457 e. The molecule has 1 aliphatic carbocycles. The van der Waals surface area contributed by atoms with E-state index in [-0.39, 0.29) is 10.8 Å². The summed E-state index contributed by atoms with van der Waals surface area (Å²) in [6.45, 7) is 20.1. The molecule has 0 aliphatic heterocycles. The first-order chi connectivity index (χ1) is 32.7. The zero-order chi connectivity index (χ0) is 47.4. The molecule has 4 nitrogen and oxygen atoms in total. The van der Waals surface area contributed by atoms with E-state index in [4.69, 9.17) is 14.7 Å². The summed E-state index contributed by atoms with van der Waals surface area (Å²) < 4.78 is 7.10. The van der Waals surface area contributed by atoms with E-state index >= 15 is 0 Å². The van der Waals surface area contributed by atoms with Gasteiger partial charge in [-0.25, -0.2) is 0 Å². The van der Waals surface area contributed by atoms with Crippen molar-refractivity contribution in [2.45, 2.75) is 78.6 Å². The number of nitrogens with zero attached hydrogens (tertiary/aromatic N) is 3. The average molecular weight is 886 g/mol. The van der Waals surface area contributed by atoms with Crippen molar-refractivity contribution < 1.29 is 4.74 Å². The molecule has 0 fully saturated rings. The summed E-state index contributed by atoms with van der Waals surface area (Å²) in [6.07, 6.45) is 3.83. The normalized spacial score (nSPS) is 12.9. The molecule has 0 atom stereocenters. The fourth-order valence-corrected chi connectivity index (χ4v) is 10.5. The Morgan fingerprint density at radius 2 is 1.03 bits per heavy atom. The summed E-state index contributed by atoms with van der Waals surface area (Å²) in [7, 11) is 0. The van der Waals surface area contributed by atoms with Gasteiger partial charge in [0.1, 0.15) is 11.5 Å². The fourth-order valence-electron chi connectivity index (χ4n) is 10.5. The number of rotatable bonds is 9. The molecule has 1 aliphatic rings. The highest BCUT2D eigenvalue weighted by Gasteiger charge is 2.47. The standard InChI is InChI=1S/C64H59N3O/c1-42-35-43(2)61(44(3)36-42)46-37-45(59-41-52(32-34-65-59)67(50-28-24-47(25-29-50)62(4,5)6)51-30-26-48(27-31-51)63(7,8)9)38-54(39-46)68-53-18-16-17-49(40-53)64(60-23-14-15-33-66-60)57-21-12-10-19-55(57)56-20-11-13-22-58(56)64/h10-41H,1-9H3. The summed E-state index contributed by atoms with van der Waals surface area (Å²) in [5, 5.41) is 0. The third kappa shape index (κ3) is 8.08.